The van der Waals surface area contributed by atoms with E-state index in [1.165, 1.54) is 12.1 Å². The Morgan fingerprint density at radius 3 is 2.17 bits per heavy atom. The van der Waals surface area contributed by atoms with Crippen LogP contribution in [-0.2, 0) is 6.54 Å². The van der Waals surface area contributed by atoms with Gasteiger partial charge in [0.25, 0.3) is 0 Å². The van der Waals surface area contributed by atoms with Crippen LogP contribution in [0.25, 0.3) is 22.3 Å². The van der Waals surface area contributed by atoms with Gasteiger partial charge in [-0.1, -0.05) is 54.1 Å². The van der Waals surface area contributed by atoms with Crippen LogP contribution in [0.2, 0.25) is 5.02 Å². The van der Waals surface area contributed by atoms with E-state index in [-0.39, 0.29) is 5.82 Å². The highest BCUT2D eigenvalue weighted by Crippen LogP contribution is 2.35. The molecule has 0 saturated heterocycles. The fourth-order valence-corrected chi connectivity index (χ4v) is 3.03. The van der Waals surface area contributed by atoms with Crippen LogP contribution in [0.5, 0.6) is 0 Å². The molecule has 0 saturated carbocycles. The zero-order chi connectivity index (χ0) is 16.4. The molecule has 0 unspecified atom stereocenters. The van der Waals surface area contributed by atoms with E-state index in [2.05, 4.69) is 0 Å². The van der Waals surface area contributed by atoms with Crippen LogP contribution < -0.4 is 5.73 Å². The lowest BCUT2D eigenvalue weighted by Crippen LogP contribution is -2.02. The van der Waals surface area contributed by atoms with Crippen molar-refractivity contribution in [2.45, 2.75) is 13.5 Å². The van der Waals surface area contributed by atoms with E-state index in [1.807, 2.05) is 43.3 Å². The summed E-state index contributed by atoms with van der Waals surface area (Å²) in [5.41, 5.74) is 12.2. The van der Waals surface area contributed by atoms with Gasteiger partial charge in [-0.2, -0.15) is 0 Å². The van der Waals surface area contributed by atoms with E-state index in [0.29, 0.717) is 6.54 Å². The van der Waals surface area contributed by atoms with Crippen molar-refractivity contribution in [3.05, 3.63) is 82.6 Å². The number of nitrogens with two attached hydrogens (primary N) is 1. The normalized spacial score (nSPS) is 10.8. The van der Waals surface area contributed by atoms with Crippen molar-refractivity contribution >= 4 is 11.6 Å². The molecule has 3 rings (SSSR count). The third kappa shape index (κ3) is 3.00. The first kappa shape index (κ1) is 15.7. The molecule has 23 heavy (non-hydrogen) atoms. The SMILES string of the molecule is Cc1c(Cl)cccc1-c1cccc(-c2ccc(F)cc2)c1CN. The minimum atomic E-state index is -0.245. The lowest BCUT2D eigenvalue weighted by Gasteiger charge is -2.16. The molecule has 116 valence electrons. The molecule has 2 N–H and O–H groups in total. The molecule has 0 spiro atoms. The Balaban J connectivity index is 2.22. The van der Waals surface area contributed by atoms with Crippen molar-refractivity contribution in [3.8, 4) is 22.3 Å². The lowest BCUT2D eigenvalue weighted by molar-refractivity contribution is 0.628. The van der Waals surface area contributed by atoms with E-state index in [0.717, 1.165) is 38.4 Å². The molecule has 3 heteroatoms. The van der Waals surface area contributed by atoms with Gasteiger partial charge in [-0.05, 0) is 58.5 Å². The molecule has 1 nitrogen and oxygen atoms in total. The predicted octanol–water partition coefficient (Wildman–Crippen LogP) is 5.58. The smallest absolute Gasteiger partial charge is 0.123 e. The van der Waals surface area contributed by atoms with E-state index in [9.17, 15) is 4.39 Å². The van der Waals surface area contributed by atoms with Crippen LogP contribution in [0, 0.1) is 12.7 Å². The Bertz CT molecular complexity index is 841. The molecule has 0 radical (unpaired) electrons. The second-order valence-electron chi connectivity index (χ2n) is 5.46. The van der Waals surface area contributed by atoms with E-state index < -0.39 is 0 Å². The van der Waals surface area contributed by atoms with Crippen LogP contribution in [0.1, 0.15) is 11.1 Å². The second-order valence-corrected chi connectivity index (χ2v) is 5.86. The average Bonchev–Trinajstić information content (AvgIpc) is 2.57. The summed E-state index contributed by atoms with van der Waals surface area (Å²) in [6.07, 6.45) is 0. The minimum Gasteiger partial charge on any atom is -0.326 e. The van der Waals surface area contributed by atoms with Gasteiger partial charge in [-0.15, -0.1) is 0 Å². The first-order valence-corrected chi connectivity index (χ1v) is 7.83. The molecule has 0 atom stereocenters. The van der Waals surface area contributed by atoms with Gasteiger partial charge in [0.05, 0.1) is 0 Å². The largest absolute Gasteiger partial charge is 0.326 e. The highest BCUT2D eigenvalue weighted by atomic mass is 35.5. The molecule has 0 amide bonds. The van der Waals surface area contributed by atoms with Gasteiger partial charge >= 0.3 is 0 Å². The number of halogens is 2. The summed E-state index contributed by atoms with van der Waals surface area (Å²) < 4.78 is 13.2. The highest BCUT2D eigenvalue weighted by molar-refractivity contribution is 6.31. The van der Waals surface area contributed by atoms with Crippen LogP contribution >= 0.6 is 11.6 Å². The molecule has 3 aromatic rings. The maximum absolute atomic E-state index is 13.2. The van der Waals surface area contributed by atoms with Crippen molar-refractivity contribution in [2.75, 3.05) is 0 Å². The van der Waals surface area contributed by atoms with Gasteiger partial charge in [-0.25, -0.2) is 4.39 Å². The minimum absolute atomic E-state index is 0.245. The van der Waals surface area contributed by atoms with Gasteiger partial charge in [0.2, 0.25) is 0 Å². The van der Waals surface area contributed by atoms with E-state index in [4.69, 9.17) is 17.3 Å². The zero-order valence-corrected chi connectivity index (χ0v) is 13.6. The van der Waals surface area contributed by atoms with Crippen molar-refractivity contribution < 1.29 is 4.39 Å². The Morgan fingerprint density at radius 2 is 1.48 bits per heavy atom. The number of rotatable bonds is 3. The predicted molar refractivity (Wildman–Crippen MR) is 94.9 cm³/mol. The Labute approximate surface area is 140 Å². The quantitative estimate of drug-likeness (QED) is 0.668. The lowest BCUT2D eigenvalue weighted by atomic mass is 9.90. The molecular weight excluding hydrogens is 309 g/mol. The number of hydrogen-bond donors (Lipinski definition) is 1. The average molecular weight is 326 g/mol. The molecule has 0 aliphatic rings. The molecule has 0 aliphatic carbocycles. The number of benzene rings is 3. The van der Waals surface area contributed by atoms with Gasteiger partial charge in [-0.3, -0.25) is 0 Å². The van der Waals surface area contributed by atoms with Crippen LogP contribution in [0.15, 0.2) is 60.7 Å². The highest BCUT2D eigenvalue weighted by Gasteiger charge is 2.13. The third-order valence-corrected chi connectivity index (χ3v) is 4.50. The summed E-state index contributed by atoms with van der Waals surface area (Å²) >= 11 is 6.26. The van der Waals surface area contributed by atoms with Gasteiger partial charge in [0.1, 0.15) is 5.82 Å². The fraction of sp³-hybridized carbons (Fsp3) is 0.100. The standard InChI is InChI=1S/C20H17ClFN/c1-13-16(4-3-7-20(13)21)18-6-2-5-17(19(18)12-23)14-8-10-15(22)11-9-14/h2-11H,12,23H2,1H3. The Hall–Kier alpha value is -2.16. The summed E-state index contributed by atoms with van der Waals surface area (Å²) in [6.45, 7) is 2.40. The number of hydrogen-bond acceptors (Lipinski definition) is 1. The molecule has 0 bridgehead atoms. The topological polar surface area (TPSA) is 26.0 Å². The summed E-state index contributed by atoms with van der Waals surface area (Å²) in [7, 11) is 0. The maximum atomic E-state index is 13.2. The monoisotopic (exact) mass is 325 g/mol. The summed E-state index contributed by atoms with van der Waals surface area (Å²) in [5.74, 6) is -0.245. The maximum Gasteiger partial charge on any atom is 0.123 e. The van der Waals surface area contributed by atoms with Crippen LogP contribution in [-0.4, -0.2) is 0 Å². The Kier molecular flexibility index (Phi) is 4.46. The molecule has 0 fully saturated rings. The molecule has 0 aliphatic heterocycles. The molecule has 0 heterocycles. The van der Waals surface area contributed by atoms with Crippen molar-refractivity contribution in [1.29, 1.82) is 0 Å². The van der Waals surface area contributed by atoms with E-state index in [1.54, 1.807) is 12.1 Å². The summed E-state index contributed by atoms with van der Waals surface area (Å²) in [5, 5.41) is 0.734. The van der Waals surface area contributed by atoms with Gasteiger partial charge in [0, 0.05) is 11.6 Å². The molecule has 0 aromatic heterocycles. The summed E-state index contributed by atoms with van der Waals surface area (Å²) in [6, 6.07) is 18.4. The summed E-state index contributed by atoms with van der Waals surface area (Å²) in [4.78, 5) is 0. The first-order chi connectivity index (χ1) is 11.1. The second kappa shape index (κ2) is 6.53. The fourth-order valence-electron chi connectivity index (χ4n) is 2.86. The van der Waals surface area contributed by atoms with Crippen LogP contribution in [0.3, 0.4) is 0 Å². The van der Waals surface area contributed by atoms with Gasteiger partial charge in [0.15, 0.2) is 0 Å². The van der Waals surface area contributed by atoms with Crippen molar-refractivity contribution in [3.63, 3.8) is 0 Å². The Morgan fingerprint density at radius 1 is 0.870 bits per heavy atom. The molecular formula is C20H17ClFN. The van der Waals surface area contributed by atoms with Gasteiger partial charge < -0.3 is 5.73 Å². The van der Waals surface area contributed by atoms with Crippen molar-refractivity contribution in [1.82, 2.24) is 0 Å². The first-order valence-electron chi connectivity index (χ1n) is 7.45. The van der Waals surface area contributed by atoms with Crippen LogP contribution in [0.4, 0.5) is 4.39 Å². The third-order valence-electron chi connectivity index (χ3n) is 4.09. The van der Waals surface area contributed by atoms with Crippen molar-refractivity contribution in [2.24, 2.45) is 5.73 Å². The zero-order valence-electron chi connectivity index (χ0n) is 12.8. The molecule has 3 aromatic carbocycles. The van der Waals surface area contributed by atoms with E-state index >= 15 is 0 Å².